The number of rotatable bonds is 7. The zero-order valence-electron chi connectivity index (χ0n) is 18.9. The van der Waals surface area contributed by atoms with Crippen LogP contribution in [0.3, 0.4) is 0 Å². The van der Waals surface area contributed by atoms with E-state index in [2.05, 4.69) is 10.6 Å². The maximum Gasteiger partial charge on any atom is 0.255 e. The van der Waals surface area contributed by atoms with E-state index in [0.29, 0.717) is 24.3 Å². The van der Waals surface area contributed by atoms with Gasteiger partial charge in [-0.1, -0.05) is 43.5 Å². The summed E-state index contributed by atoms with van der Waals surface area (Å²) in [4.78, 5) is 25.5. The molecule has 1 atom stereocenters. The number of sulfonamides is 1. The Balaban J connectivity index is 1.86. The van der Waals surface area contributed by atoms with E-state index < -0.39 is 15.9 Å². The Morgan fingerprint density at radius 1 is 1.03 bits per heavy atom. The number of anilines is 1. The number of benzene rings is 2. The highest BCUT2D eigenvalue weighted by Gasteiger charge is 2.28. The second-order valence-corrected chi connectivity index (χ2v) is 10.6. The third kappa shape index (κ3) is 6.13. The smallest absolute Gasteiger partial charge is 0.255 e. The first-order valence-electron chi connectivity index (χ1n) is 11.2. The molecule has 0 aromatic heterocycles. The van der Waals surface area contributed by atoms with Crippen molar-refractivity contribution in [3.8, 4) is 0 Å². The molecule has 2 amide bonds. The molecule has 2 aromatic rings. The van der Waals surface area contributed by atoms with Crippen LogP contribution in [0, 0.1) is 0 Å². The van der Waals surface area contributed by atoms with Crippen LogP contribution in [-0.4, -0.2) is 43.7 Å². The molecule has 1 fully saturated rings. The number of nitrogens with one attached hydrogen (secondary N) is 2. The highest BCUT2D eigenvalue weighted by Crippen LogP contribution is 2.28. The summed E-state index contributed by atoms with van der Waals surface area (Å²) in [5.41, 5.74) is 0.817. The van der Waals surface area contributed by atoms with Crippen molar-refractivity contribution in [2.75, 3.05) is 18.4 Å². The van der Waals surface area contributed by atoms with E-state index in [9.17, 15) is 18.0 Å². The fourth-order valence-electron chi connectivity index (χ4n) is 3.65. The maximum absolute atomic E-state index is 13.2. The van der Waals surface area contributed by atoms with Crippen molar-refractivity contribution in [1.82, 2.24) is 9.62 Å². The van der Waals surface area contributed by atoms with E-state index in [4.69, 9.17) is 11.6 Å². The average molecular weight is 492 g/mol. The minimum atomic E-state index is -3.83. The molecule has 33 heavy (non-hydrogen) atoms. The van der Waals surface area contributed by atoms with Crippen molar-refractivity contribution in [2.45, 2.75) is 56.9 Å². The minimum Gasteiger partial charge on any atom is -0.350 e. The fraction of sp³-hybridized carbons (Fsp3) is 0.417. The second-order valence-electron chi connectivity index (χ2n) is 8.25. The van der Waals surface area contributed by atoms with E-state index in [1.54, 1.807) is 24.3 Å². The lowest BCUT2D eigenvalue weighted by Crippen LogP contribution is -2.33. The van der Waals surface area contributed by atoms with Crippen LogP contribution in [0.25, 0.3) is 0 Å². The van der Waals surface area contributed by atoms with Gasteiger partial charge in [-0.05, 0) is 56.5 Å². The van der Waals surface area contributed by atoms with Gasteiger partial charge in [-0.3, -0.25) is 9.59 Å². The van der Waals surface area contributed by atoms with E-state index >= 15 is 0 Å². The molecule has 9 heteroatoms. The predicted molar refractivity (Wildman–Crippen MR) is 130 cm³/mol. The molecule has 0 spiro atoms. The third-order valence-electron chi connectivity index (χ3n) is 5.79. The molecule has 1 aliphatic rings. The Hall–Kier alpha value is -2.42. The van der Waals surface area contributed by atoms with Gasteiger partial charge < -0.3 is 10.6 Å². The molecule has 1 saturated heterocycles. The number of carbonyl (C=O) groups is 2. The zero-order chi connectivity index (χ0) is 24.0. The van der Waals surface area contributed by atoms with Crippen molar-refractivity contribution in [2.24, 2.45) is 0 Å². The Morgan fingerprint density at radius 2 is 1.70 bits per heavy atom. The molecular weight excluding hydrogens is 462 g/mol. The van der Waals surface area contributed by atoms with Crippen molar-refractivity contribution in [3.05, 3.63) is 58.6 Å². The highest BCUT2D eigenvalue weighted by molar-refractivity contribution is 7.89. The minimum absolute atomic E-state index is 0.00993. The monoisotopic (exact) mass is 491 g/mol. The van der Waals surface area contributed by atoms with Gasteiger partial charge in [0.2, 0.25) is 10.0 Å². The molecule has 0 bridgehead atoms. The van der Waals surface area contributed by atoms with Crippen LogP contribution in [0.4, 0.5) is 5.69 Å². The number of para-hydroxylation sites is 1. The SMILES string of the molecule is CCC(C)NC(=O)c1ccccc1NC(=O)c1ccc(Cl)c(S(=O)(=O)N2CCCCCC2)c1. The molecule has 1 aliphatic heterocycles. The molecule has 7 nitrogen and oxygen atoms in total. The summed E-state index contributed by atoms with van der Waals surface area (Å²) in [6, 6.07) is 10.9. The van der Waals surface area contributed by atoms with Gasteiger partial charge in [-0.25, -0.2) is 8.42 Å². The van der Waals surface area contributed by atoms with Crippen LogP contribution in [0.5, 0.6) is 0 Å². The lowest BCUT2D eigenvalue weighted by Gasteiger charge is -2.21. The van der Waals surface area contributed by atoms with Gasteiger partial charge in [0.1, 0.15) is 4.90 Å². The quantitative estimate of drug-likeness (QED) is 0.587. The Kier molecular flexibility index (Phi) is 8.51. The molecule has 2 aromatic carbocycles. The average Bonchev–Trinajstić information content (AvgIpc) is 3.09. The molecule has 0 aliphatic carbocycles. The normalized spacial score (nSPS) is 16.0. The highest BCUT2D eigenvalue weighted by atomic mass is 35.5. The standard InChI is InChI=1S/C24H30ClN3O4S/c1-3-17(2)26-24(30)19-10-6-7-11-21(19)27-23(29)18-12-13-20(25)22(16-18)33(31,32)28-14-8-4-5-9-15-28/h6-7,10-13,16-17H,3-5,8-9,14-15H2,1-2H3,(H,26,30)(H,27,29). The maximum atomic E-state index is 13.2. The fourth-order valence-corrected chi connectivity index (χ4v) is 5.67. The number of hydrogen-bond donors (Lipinski definition) is 2. The van der Waals surface area contributed by atoms with E-state index in [-0.39, 0.29) is 27.4 Å². The van der Waals surface area contributed by atoms with Crippen LogP contribution in [0.2, 0.25) is 5.02 Å². The number of hydrogen-bond acceptors (Lipinski definition) is 4. The summed E-state index contributed by atoms with van der Waals surface area (Å²) in [6.45, 7) is 4.75. The first-order valence-corrected chi connectivity index (χ1v) is 13.1. The topological polar surface area (TPSA) is 95.6 Å². The first kappa shape index (κ1) is 25.2. The van der Waals surface area contributed by atoms with Crippen LogP contribution in [0.15, 0.2) is 47.4 Å². The van der Waals surface area contributed by atoms with E-state index in [0.717, 1.165) is 32.1 Å². The van der Waals surface area contributed by atoms with Crippen LogP contribution >= 0.6 is 11.6 Å². The molecular formula is C24H30ClN3O4S. The van der Waals surface area contributed by atoms with Crippen molar-refractivity contribution >= 4 is 39.1 Å². The molecule has 3 rings (SSSR count). The summed E-state index contributed by atoms with van der Waals surface area (Å²) in [5, 5.41) is 5.69. The summed E-state index contributed by atoms with van der Waals surface area (Å²) in [7, 11) is -3.83. The molecule has 2 N–H and O–H groups in total. The van der Waals surface area contributed by atoms with Gasteiger partial charge in [0.15, 0.2) is 0 Å². The van der Waals surface area contributed by atoms with Crippen molar-refractivity contribution in [3.63, 3.8) is 0 Å². The second kappa shape index (κ2) is 11.1. The van der Waals surface area contributed by atoms with Crippen LogP contribution in [-0.2, 0) is 10.0 Å². The summed E-state index contributed by atoms with van der Waals surface area (Å²) >= 11 is 6.24. The summed E-state index contributed by atoms with van der Waals surface area (Å²) < 4.78 is 27.9. The van der Waals surface area contributed by atoms with Gasteiger partial charge in [0.05, 0.1) is 16.3 Å². The molecule has 1 heterocycles. The Labute approximate surface area is 200 Å². The molecule has 0 saturated carbocycles. The molecule has 0 radical (unpaired) electrons. The van der Waals surface area contributed by atoms with Crippen molar-refractivity contribution in [1.29, 1.82) is 0 Å². The first-order chi connectivity index (χ1) is 15.7. The van der Waals surface area contributed by atoms with E-state index in [1.807, 2.05) is 13.8 Å². The zero-order valence-corrected chi connectivity index (χ0v) is 20.5. The number of carbonyl (C=O) groups excluding carboxylic acids is 2. The van der Waals surface area contributed by atoms with Gasteiger partial charge in [0.25, 0.3) is 11.8 Å². The number of nitrogens with zero attached hydrogens (tertiary/aromatic N) is 1. The van der Waals surface area contributed by atoms with Gasteiger partial charge in [-0.15, -0.1) is 0 Å². The molecule has 178 valence electrons. The molecule has 1 unspecified atom stereocenters. The lowest BCUT2D eigenvalue weighted by molar-refractivity contribution is 0.0940. The lowest BCUT2D eigenvalue weighted by atomic mass is 10.1. The van der Waals surface area contributed by atoms with E-state index in [1.165, 1.54) is 22.5 Å². The largest absolute Gasteiger partial charge is 0.350 e. The van der Waals surface area contributed by atoms with Crippen LogP contribution in [0.1, 0.15) is 66.7 Å². The van der Waals surface area contributed by atoms with Gasteiger partial charge >= 0.3 is 0 Å². The number of halogens is 1. The Bertz CT molecular complexity index is 1110. The van der Waals surface area contributed by atoms with Gasteiger partial charge in [0, 0.05) is 24.7 Å². The summed E-state index contributed by atoms with van der Waals surface area (Å²) in [5.74, 6) is -0.816. The number of amides is 2. The van der Waals surface area contributed by atoms with Crippen molar-refractivity contribution < 1.29 is 18.0 Å². The van der Waals surface area contributed by atoms with Crippen LogP contribution < -0.4 is 10.6 Å². The third-order valence-corrected chi connectivity index (χ3v) is 8.17. The summed E-state index contributed by atoms with van der Waals surface area (Å²) in [6.07, 6.45) is 4.36. The predicted octanol–water partition coefficient (Wildman–Crippen LogP) is 4.69. The van der Waals surface area contributed by atoms with Gasteiger partial charge in [-0.2, -0.15) is 4.31 Å². The Morgan fingerprint density at radius 3 is 2.36 bits per heavy atom.